The number of likely N-dealkylation sites (tertiary alicyclic amines) is 1. The van der Waals surface area contributed by atoms with Gasteiger partial charge in [-0.15, -0.1) is 0 Å². The summed E-state index contributed by atoms with van der Waals surface area (Å²) in [5.74, 6) is -0.635. The molecule has 1 fully saturated rings. The first-order valence-corrected chi connectivity index (χ1v) is 7.33. The zero-order valence-corrected chi connectivity index (χ0v) is 12.1. The van der Waals surface area contributed by atoms with Gasteiger partial charge in [-0.2, -0.15) is 0 Å². The van der Waals surface area contributed by atoms with Crippen LogP contribution in [0.4, 0.5) is 4.79 Å². The number of rotatable bonds is 6. The summed E-state index contributed by atoms with van der Waals surface area (Å²) in [7, 11) is 0. The number of amides is 3. The molecule has 114 valence electrons. The predicted molar refractivity (Wildman–Crippen MR) is 74.2 cm³/mol. The van der Waals surface area contributed by atoms with Crippen LogP contribution in [0, 0.1) is 5.92 Å². The molecule has 0 saturated carbocycles. The van der Waals surface area contributed by atoms with Crippen LogP contribution < -0.4 is 5.32 Å². The van der Waals surface area contributed by atoms with E-state index in [0.717, 1.165) is 12.8 Å². The maximum Gasteiger partial charge on any atom is 0.324 e. The van der Waals surface area contributed by atoms with Gasteiger partial charge in [0.15, 0.2) is 0 Å². The van der Waals surface area contributed by atoms with E-state index in [1.165, 1.54) is 12.8 Å². The summed E-state index contributed by atoms with van der Waals surface area (Å²) >= 11 is 0. The minimum atomic E-state index is -0.929. The zero-order chi connectivity index (χ0) is 15.0. The maximum absolute atomic E-state index is 11.8. The van der Waals surface area contributed by atoms with Gasteiger partial charge in [-0.3, -0.25) is 14.9 Å². The summed E-state index contributed by atoms with van der Waals surface area (Å²) in [6.45, 7) is 3.55. The minimum absolute atomic E-state index is 0.0516. The van der Waals surface area contributed by atoms with Crippen molar-refractivity contribution in [2.45, 2.75) is 51.9 Å². The molecular formula is C14H24N2O4. The van der Waals surface area contributed by atoms with Gasteiger partial charge in [0.2, 0.25) is 5.91 Å². The van der Waals surface area contributed by atoms with Crippen LogP contribution in [0.25, 0.3) is 0 Å². The van der Waals surface area contributed by atoms with Gasteiger partial charge in [0, 0.05) is 25.9 Å². The Labute approximate surface area is 119 Å². The van der Waals surface area contributed by atoms with Gasteiger partial charge in [0.1, 0.15) is 0 Å². The van der Waals surface area contributed by atoms with E-state index in [4.69, 9.17) is 5.11 Å². The van der Waals surface area contributed by atoms with Crippen LogP contribution in [-0.2, 0) is 9.59 Å². The van der Waals surface area contributed by atoms with Crippen molar-refractivity contribution in [1.82, 2.24) is 10.2 Å². The highest BCUT2D eigenvalue weighted by Gasteiger charge is 2.23. The molecule has 0 unspecified atom stereocenters. The second-order valence-electron chi connectivity index (χ2n) is 5.32. The molecular weight excluding hydrogens is 260 g/mol. The minimum Gasteiger partial charge on any atom is -0.481 e. The van der Waals surface area contributed by atoms with Gasteiger partial charge in [-0.1, -0.05) is 19.8 Å². The first-order chi connectivity index (χ1) is 9.52. The molecule has 1 saturated heterocycles. The molecule has 6 heteroatoms. The van der Waals surface area contributed by atoms with E-state index in [0.29, 0.717) is 19.0 Å². The largest absolute Gasteiger partial charge is 0.481 e. The highest BCUT2D eigenvalue weighted by molar-refractivity contribution is 5.94. The Kier molecular flexibility index (Phi) is 7.04. The number of piperidine rings is 1. The fraction of sp³-hybridized carbons (Fsp3) is 0.786. The number of carboxylic acid groups (broad SMARTS) is 1. The average Bonchev–Trinajstić information content (AvgIpc) is 2.39. The lowest BCUT2D eigenvalue weighted by Gasteiger charge is -2.31. The fourth-order valence-electron chi connectivity index (χ4n) is 2.49. The van der Waals surface area contributed by atoms with Crippen LogP contribution in [0.1, 0.15) is 51.9 Å². The van der Waals surface area contributed by atoms with Crippen LogP contribution >= 0.6 is 0 Å². The molecule has 6 nitrogen and oxygen atoms in total. The van der Waals surface area contributed by atoms with Gasteiger partial charge in [0.25, 0.3) is 0 Å². The van der Waals surface area contributed by atoms with Gasteiger partial charge in [-0.25, -0.2) is 4.79 Å². The van der Waals surface area contributed by atoms with Gasteiger partial charge in [-0.05, 0) is 25.2 Å². The number of aliphatic carboxylic acids is 1. The molecule has 0 radical (unpaired) electrons. The third-order valence-electron chi connectivity index (χ3n) is 3.64. The number of carbonyl (C=O) groups excluding carboxylic acids is 2. The monoisotopic (exact) mass is 284 g/mol. The lowest BCUT2D eigenvalue weighted by atomic mass is 9.93. The van der Waals surface area contributed by atoms with Crippen molar-refractivity contribution in [3.63, 3.8) is 0 Å². The first kappa shape index (κ1) is 16.5. The highest BCUT2D eigenvalue weighted by atomic mass is 16.4. The molecule has 0 aromatic heterocycles. The van der Waals surface area contributed by atoms with Crippen molar-refractivity contribution in [3.05, 3.63) is 0 Å². The standard InChI is InChI=1S/C14H24N2O4/c1-2-4-11-7-9-16(10-8-11)14(20)15-12(17)5-3-6-13(18)19/h11H,2-10H2,1H3,(H,18,19)(H,15,17,20). The number of hydrogen-bond donors (Lipinski definition) is 2. The average molecular weight is 284 g/mol. The molecule has 2 N–H and O–H groups in total. The Balaban J connectivity index is 2.22. The molecule has 1 aliphatic heterocycles. The molecule has 1 aliphatic rings. The van der Waals surface area contributed by atoms with Gasteiger partial charge < -0.3 is 10.0 Å². The van der Waals surface area contributed by atoms with Crippen LogP contribution in [0.3, 0.4) is 0 Å². The van der Waals surface area contributed by atoms with Gasteiger partial charge >= 0.3 is 12.0 Å². The number of imide groups is 1. The number of carbonyl (C=O) groups is 3. The normalized spacial score (nSPS) is 15.9. The number of hydrogen-bond acceptors (Lipinski definition) is 3. The van der Waals surface area contributed by atoms with Crippen LogP contribution in [0.5, 0.6) is 0 Å². The van der Waals surface area contributed by atoms with E-state index in [9.17, 15) is 14.4 Å². The van der Waals surface area contributed by atoms with Crippen LogP contribution in [0.15, 0.2) is 0 Å². The van der Waals surface area contributed by atoms with Crippen LogP contribution in [0.2, 0.25) is 0 Å². The van der Waals surface area contributed by atoms with E-state index in [-0.39, 0.29) is 25.3 Å². The van der Waals surface area contributed by atoms with Crippen molar-refractivity contribution >= 4 is 17.9 Å². The SMILES string of the molecule is CCCC1CCN(C(=O)NC(=O)CCCC(=O)O)CC1. The first-order valence-electron chi connectivity index (χ1n) is 7.33. The summed E-state index contributed by atoms with van der Waals surface area (Å²) in [4.78, 5) is 35.3. The van der Waals surface area contributed by atoms with E-state index in [1.807, 2.05) is 0 Å². The zero-order valence-electron chi connectivity index (χ0n) is 12.1. The second-order valence-corrected chi connectivity index (χ2v) is 5.32. The second kappa shape index (κ2) is 8.55. The quantitative estimate of drug-likeness (QED) is 0.781. The van der Waals surface area contributed by atoms with E-state index in [1.54, 1.807) is 4.90 Å². The van der Waals surface area contributed by atoms with Crippen LogP contribution in [-0.4, -0.2) is 41.0 Å². The fourth-order valence-corrected chi connectivity index (χ4v) is 2.49. The summed E-state index contributed by atoms with van der Waals surface area (Å²) in [5, 5.41) is 10.8. The molecule has 0 bridgehead atoms. The molecule has 0 aromatic carbocycles. The van der Waals surface area contributed by atoms with Crippen molar-refractivity contribution in [2.75, 3.05) is 13.1 Å². The van der Waals surface area contributed by atoms with Crippen molar-refractivity contribution in [1.29, 1.82) is 0 Å². The maximum atomic E-state index is 11.8. The lowest BCUT2D eigenvalue weighted by molar-refractivity contribution is -0.137. The molecule has 3 amide bonds. The van der Waals surface area contributed by atoms with E-state index < -0.39 is 11.9 Å². The third kappa shape index (κ3) is 6.04. The smallest absolute Gasteiger partial charge is 0.324 e. The summed E-state index contributed by atoms with van der Waals surface area (Å²) in [6, 6.07) is -0.347. The summed E-state index contributed by atoms with van der Waals surface area (Å²) < 4.78 is 0. The molecule has 0 spiro atoms. The molecule has 1 rings (SSSR count). The predicted octanol–water partition coefficient (Wildman–Crippen LogP) is 1.99. The number of nitrogens with one attached hydrogen (secondary N) is 1. The van der Waals surface area contributed by atoms with Crippen molar-refractivity contribution in [3.8, 4) is 0 Å². The molecule has 0 aliphatic carbocycles. The van der Waals surface area contributed by atoms with Crippen molar-refractivity contribution in [2.24, 2.45) is 5.92 Å². The Bertz CT molecular complexity index is 349. The number of urea groups is 1. The molecule has 0 atom stereocenters. The summed E-state index contributed by atoms with van der Waals surface area (Å²) in [6.07, 6.45) is 4.63. The number of carboxylic acids is 1. The summed E-state index contributed by atoms with van der Waals surface area (Å²) in [5.41, 5.74) is 0. The van der Waals surface area contributed by atoms with Gasteiger partial charge in [0.05, 0.1) is 0 Å². The third-order valence-corrected chi connectivity index (χ3v) is 3.64. The highest BCUT2D eigenvalue weighted by Crippen LogP contribution is 2.21. The Morgan fingerprint density at radius 3 is 2.40 bits per heavy atom. The Morgan fingerprint density at radius 2 is 1.85 bits per heavy atom. The molecule has 20 heavy (non-hydrogen) atoms. The molecule has 1 heterocycles. The Morgan fingerprint density at radius 1 is 1.20 bits per heavy atom. The lowest BCUT2D eigenvalue weighted by Crippen LogP contribution is -2.46. The van der Waals surface area contributed by atoms with Crippen molar-refractivity contribution < 1.29 is 19.5 Å². The topological polar surface area (TPSA) is 86.7 Å². The molecule has 0 aromatic rings. The Hall–Kier alpha value is -1.59. The number of nitrogens with zero attached hydrogens (tertiary/aromatic N) is 1. The van der Waals surface area contributed by atoms with E-state index >= 15 is 0 Å². The van der Waals surface area contributed by atoms with E-state index in [2.05, 4.69) is 12.2 Å².